The molecule has 6 heteroatoms. The number of hydrogen-bond donors (Lipinski definition) is 1. The molecule has 1 N–H and O–H groups in total. The van der Waals surface area contributed by atoms with Gasteiger partial charge in [0.25, 0.3) is 0 Å². The Morgan fingerprint density at radius 1 is 1.11 bits per heavy atom. The predicted octanol–water partition coefficient (Wildman–Crippen LogP) is 0.942. The van der Waals surface area contributed by atoms with Crippen LogP contribution in [-0.4, -0.2) is 92.3 Å². The first-order valence-corrected chi connectivity index (χ1v) is 10.0. The van der Waals surface area contributed by atoms with Crippen LogP contribution in [0, 0.1) is 11.8 Å². The molecule has 0 aliphatic carbocycles. The third-order valence-electron chi connectivity index (χ3n) is 5.98. The van der Waals surface area contributed by atoms with Crippen LogP contribution >= 0.6 is 0 Å². The van der Waals surface area contributed by atoms with Crippen molar-refractivity contribution in [3.8, 4) is 5.75 Å². The Hall–Kier alpha value is -1.63. The van der Waals surface area contributed by atoms with Crippen molar-refractivity contribution in [3.63, 3.8) is 0 Å². The summed E-state index contributed by atoms with van der Waals surface area (Å²) < 4.78 is 5.17. The van der Waals surface area contributed by atoms with Crippen molar-refractivity contribution in [1.82, 2.24) is 14.7 Å². The molecule has 2 aliphatic heterocycles. The lowest BCUT2D eigenvalue weighted by Gasteiger charge is -2.26. The minimum atomic E-state index is 0.150. The summed E-state index contributed by atoms with van der Waals surface area (Å²) >= 11 is 0. The molecule has 0 unspecified atom stereocenters. The minimum Gasteiger partial charge on any atom is -0.497 e. The van der Waals surface area contributed by atoms with Crippen LogP contribution in [0.2, 0.25) is 0 Å². The van der Waals surface area contributed by atoms with Gasteiger partial charge in [-0.05, 0) is 50.2 Å². The van der Waals surface area contributed by atoms with Crippen molar-refractivity contribution in [3.05, 3.63) is 29.8 Å². The van der Waals surface area contributed by atoms with Gasteiger partial charge in [-0.1, -0.05) is 12.1 Å². The van der Waals surface area contributed by atoms with E-state index in [9.17, 15) is 9.90 Å². The first-order valence-electron chi connectivity index (χ1n) is 10.0. The van der Waals surface area contributed by atoms with Crippen LogP contribution < -0.4 is 4.74 Å². The maximum Gasteiger partial charge on any atom is 0.227 e. The molecule has 1 aromatic carbocycles. The molecule has 0 spiro atoms. The number of aliphatic hydroxyl groups is 1. The second kappa shape index (κ2) is 9.53. The summed E-state index contributed by atoms with van der Waals surface area (Å²) in [6.07, 6.45) is 1.59. The molecule has 27 heavy (non-hydrogen) atoms. The van der Waals surface area contributed by atoms with Gasteiger partial charge < -0.3 is 24.5 Å². The van der Waals surface area contributed by atoms with Gasteiger partial charge in [-0.2, -0.15) is 0 Å². The fraction of sp³-hybridized carbons (Fsp3) is 0.667. The summed E-state index contributed by atoms with van der Waals surface area (Å²) in [4.78, 5) is 19.6. The zero-order valence-electron chi connectivity index (χ0n) is 16.6. The van der Waals surface area contributed by atoms with E-state index >= 15 is 0 Å². The molecule has 1 amide bonds. The van der Waals surface area contributed by atoms with Crippen molar-refractivity contribution in [2.24, 2.45) is 11.8 Å². The Bertz CT molecular complexity index is 607. The number of aliphatic hydroxyl groups excluding tert-OH is 1. The van der Waals surface area contributed by atoms with E-state index in [0.29, 0.717) is 18.9 Å². The maximum absolute atomic E-state index is 12.8. The van der Waals surface area contributed by atoms with Crippen LogP contribution in [0.25, 0.3) is 0 Å². The van der Waals surface area contributed by atoms with Gasteiger partial charge in [0.1, 0.15) is 5.75 Å². The van der Waals surface area contributed by atoms with Gasteiger partial charge in [-0.25, -0.2) is 0 Å². The smallest absolute Gasteiger partial charge is 0.227 e. The monoisotopic (exact) mass is 375 g/mol. The van der Waals surface area contributed by atoms with Gasteiger partial charge in [-0.3, -0.25) is 4.79 Å². The highest BCUT2D eigenvalue weighted by molar-refractivity contribution is 5.79. The number of benzene rings is 1. The number of methoxy groups -OCH3 is 1. The zero-order valence-corrected chi connectivity index (χ0v) is 16.6. The average molecular weight is 376 g/mol. The Labute approximate surface area is 162 Å². The van der Waals surface area contributed by atoms with Gasteiger partial charge in [0, 0.05) is 45.2 Å². The van der Waals surface area contributed by atoms with E-state index in [2.05, 4.69) is 16.8 Å². The van der Waals surface area contributed by atoms with Crippen LogP contribution in [-0.2, 0) is 11.2 Å². The number of nitrogens with zero attached hydrogens (tertiary/aromatic N) is 3. The third kappa shape index (κ3) is 5.43. The Morgan fingerprint density at radius 3 is 2.56 bits per heavy atom. The highest BCUT2D eigenvalue weighted by Gasteiger charge is 2.35. The molecular formula is C21H33N3O3. The summed E-state index contributed by atoms with van der Waals surface area (Å²) in [7, 11) is 3.82. The standard InChI is InChI=1S/C21H33N3O3/c1-22-8-3-9-23(11-10-22)13-18-14-24(15-19(18)16-25)21(26)12-17-4-6-20(27-2)7-5-17/h4-7,18-19,25H,3,8-16H2,1-2H3/t18-,19-/m1/s1. The number of carbonyl (C=O) groups is 1. The van der Waals surface area contributed by atoms with Gasteiger partial charge in [-0.15, -0.1) is 0 Å². The largest absolute Gasteiger partial charge is 0.497 e. The first kappa shape index (κ1) is 20.1. The Balaban J connectivity index is 1.55. The number of ether oxygens (including phenoxy) is 1. The molecule has 0 bridgehead atoms. The van der Waals surface area contributed by atoms with Crippen molar-refractivity contribution >= 4 is 5.91 Å². The zero-order chi connectivity index (χ0) is 19.2. The second-order valence-corrected chi connectivity index (χ2v) is 7.98. The molecule has 150 valence electrons. The van der Waals surface area contributed by atoms with Crippen LogP contribution in [0.3, 0.4) is 0 Å². The fourth-order valence-corrected chi connectivity index (χ4v) is 4.20. The van der Waals surface area contributed by atoms with E-state index in [1.807, 2.05) is 29.2 Å². The first-order chi connectivity index (χ1) is 13.1. The minimum absolute atomic E-state index is 0.150. The van der Waals surface area contributed by atoms with Crippen LogP contribution in [0.4, 0.5) is 0 Å². The molecule has 3 rings (SSSR count). The Morgan fingerprint density at radius 2 is 1.85 bits per heavy atom. The number of amides is 1. The second-order valence-electron chi connectivity index (χ2n) is 7.98. The number of carbonyl (C=O) groups excluding carboxylic acids is 1. The molecule has 6 nitrogen and oxygen atoms in total. The van der Waals surface area contributed by atoms with Crippen LogP contribution in [0.15, 0.2) is 24.3 Å². The number of likely N-dealkylation sites (tertiary alicyclic amines) is 1. The summed E-state index contributed by atoms with van der Waals surface area (Å²) in [5, 5.41) is 9.83. The van der Waals surface area contributed by atoms with Crippen molar-refractivity contribution in [2.45, 2.75) is 12.8 Å². The molecule has 0 aromatic heterocycles. The molecule has 0 saturated carbocycles. The molecule has 2 saturated heterocycles. The lowest BCUT2D eigenvalue weighted by molar-refractivity contribution is -0.129. The lowest BCUT2D eigenvalue weighted by Crippen LogP contribution is -2.36. The number of rotatable bonds is 6. The number of likely N-dealkylation sites (N-methyl/N-ethyl adjacent to an activating group) is 1. The van der Waals surface area contributed by atoms with E-state index in [4.69, 9.17) is 4.74 Å². The van der Waals surface area contributed by atoms with Crippen molar-refractivity contribution < 1.29 is 14.6 Å². The summed E-state index contributed by atoms with van der Waals surface area (Å²) in [5.41, 5.74) is 1.00. The average Bonchev–Trinajstić information content (AvgIpc) is 2.98. The molecule has 2 atom stereocenters. The SMILES string of the molecule is COc1ccc(CC(=O)N2C[C@@H](CN3CCCN(C)CC3)[C@@H](CO)C2)cc1. The topological polar surface area (TPSA) is 56.2 Å². The highest BCUT2D eigenvalue weighted by atomic mass is 16.5. The molecule has 2 aliphatic rings. The summed E-state index contributed by atoms with van der Waals surface area (Å²) in [6, 6.07) is 7.67. The fourth-order valence-electron chi connectivity index (χ4n) is 4.20. The molecule has 0 radical (unpaired) electrons. The molecule has 2 fully saturated rings. The van der Waals surface area contributed by atoms with Gasteiger partial charge in [0.05, 0.1) is 13.5 Å². The summed E-state index contributed by atoms with van der Waals surface area (Å²) in [5.74, 6) is 1.50. The van der Waals surface area contributed by atoms with Gasteiger partial charge in [0.15, 0.2) is 0 Å². The normalized spacial score (nSPS) is 24.8. The van der Waals surface area contributed by atoms with E-state index in [1.165, 1.54) is 6.42 Å². The van der Waals surface area contributed by atoms with Crippen LogP contribution in [0.1, 0.15) is 12.0 Å². The van der Waals surface area contributed by atoms with E-state index in [-0.39, 0.29) is 18.4 Å². The van der Waals surface area contributed by atoms with E-state index < -0.39 is 0 Å². The van der Waals surface area contributed by atoms with E-state index in [0.717, 1.165) is 50.6 Å². The number of hydrogen-bond acceptors (Lipinski definition) is 5. The Kier molecular flexibility index (Phi) is 7.10. The van der Waals surface area contributed by atoms with Crippen molar-refractivity contribution in [2.75, 3.05) is 66.6 Å². The van der Waals surface area contributed by atoms with Gasteiger partial charge >= 0.3 is 0 Å². The van der Waals surface area contributed by atoms with Crippen molar-refractivity contribution in [1.29, 1.82) is 0 Å². The predicted molar refractivity (Wildman–Crippen MR) is 106 cm³/mol. The maximum atomic E-state index is 12.8. The molecule has 2 heterocycles. The lowest BCUT2D eigenvalue weighted by atomic mass is 9.96. The highest BCUT2D eigenvalue weighted by Crippen LogP contribution is 2.25. The van der Waals surface area contributed by atoms with E-state index in [1.54, 1.807) is 7.11 Å². The van der Waals surface area contributed by atoms with Crippen LogP contribution in [0.5, 0.6) is 5.75 Å². The molecular weight excluding hydrogens is 342 g/mol. The quantitative estimate of drug-likeness (QED) is 0.802. The molecule has 1 aromatic rings. The summed E-state index contributed by atoms with van der Waals surface area (Å²) in [6.45, 7) is 6.99. The third-order valence-corrected chi connectivity index (χ3v) is 5.98. The van der Waals surface area contributed by atoms with Gasteiger partial charge in [0.2, 0.25) is 5.91 Å².